The third-order valence-electron chi connectivity index (χ3n) is 4.69. The molecule has 0 aliphatic carbocycles. The molecule has 1 aliphatic heterocycles. The SMILES string of the molecule is COC(=O)N1CCC(c2nc(-c3ccnc(C(O)C(C)C)c3)no2)CC1. The maximum absolute atomic E-state index is 11.6. The third kappa shape index (κ3) is 3.85. The van der Waals surface area contributed by atoms with Gasteiger partial charge in [-0.25, -0.2) is 4.79 Å². The number of carbonyl (C=O) groups is 1. The van der Waals surface area contributed by atoms with Crippen LogP contribution in [0, 0.1) is 5.92 Å². The van der Waals surface area contributed by atoms with E-state index in [0.717, 1.165) is 18.4 Å². The molecular weight excluding hydrogens is 336 g/mol. The number of carbonyl (C=O) groups excluding carboxylic acids is 1. The molecule has 2 aromatic heterocycles. The van der Waals surface area contributed by atoms with E-state index in [1.807, 2.05) is 13.8 Å². The standard InChI is InChI=1S/C18H24N4O4/c1-11(2)15(23)14-10-13(4-7-19-14)16-20-17(26-21-16)12-5-8-22(9-6-12)18(24)25-3/h4,7,10-12,15,23H,5-6,8-9H2,1-3H3. The maximum Gasteiger partial charge on any atom is 0.409 e. The van der Waals surface area contributed by atoms with Crippen LogP contribution < -0.4 is 0 Å². The second kappa shape index (κ2) is 7.82. The first-order chi connectivity index (χ1) is 12.5. The van der Waals surface area contributed by atoms with E-state index in [2.05, 4.69) is 15.1 Å². The summed E-state index contributed by atoms with van der Waals surface area (Å²) >= 11 is 0. The Kier molecular flexibility index (Phi) is 5.51. The molecule has 0 aromatic carbocycles. The monoisotopic (exact) mass is 360 g/mol. The minimum atomic E-state index is -0.635. The topological polar surface area (TPSA) is 102 Å². The Morgan fingerprint density at radius 2 is 2.12 bits per heavy atom. The van der Waals surface area contributed by atoms with Gasteiger partial charge in [-0.3, -0.25) is 4.98 Å². The van der Waals surface area contributed by atoms with Crippen LogP contribution >= 0.6 is 0 Å². The number of nitrogens with zero attached hydrogens (tertiary/aromatic N) is 4. The van der Waals surface area contributed by atoms with Crippen molar-refractivity contribution in [2.75, 3.05) is 20.2 Å². The van der Waals surface area contributed by atoms with Gasteiger partial charge < -0.3 is 19.3 Å². The summed E-state index contributed by atoms with van der Waals surface area (Å²) < 4.78 is 10.2. The van der Waals surface area contributed by atoms with Crippen molar-refractivity contribution < 1.29 is 19.2 Å². The second-order valence-electron chi connectivity index (χ2n) is 6.85. The van der Waals surface area contributed by atoms with E-state index in [1.54, 1.807) is 23.2 Å². The average Bonchev–Trinajstić information content (AvgIpc) is 3.17. The molecule has 0 bridgehead atoms. The highest BCUT2D eigenvalue weighted by molar-refractivity contribution is 5.67. The van der Waals surface area contributed by atoms with Gasteiger partial charge in [0.2, 0.25) is 11.7 Å². The Morgan fingerprint density at radius 1 is 1.38 bits per heavy atom. The van der Waals surface area contributed by atoms with Crippen molar-refractivity contribution in [3.05, 3.63) is 29.9 Å². The molecular formula is C18H24N4O4. The van der Waals surface area contributed by atoms with Crippen molar-refractivity contribution in [2.45, 2.75) is 38.7 Å². The zero-order valence-electron chi connectivity index (χ0n) is 15.3. The lowest BCUT2D eigenvalue weighted by atomic mass is 9.97. The summed E-state index contributed by atoms with van der Waals surface area (Å²) in [4.78, 5) is 22.0. The highest BCUT2D eigenvalue weighted by atomic mass is 16.5. The third-order valence-corrected chi connectivity index (χ3v) is 4.69. The van der Waals surface area contributed by atoms with Gasteiger partial charge in [-0.1, -0.05) is 19.0 Å². The number of pyridine rings is 1. The van der Waals surface area contributed by atoms with Gasteiger partial charge in [0.05, 0.1) is 18.9 Å². The molecule has 3 heterocycles. The number of aliphatic hydroxyl groups is 1. The van der Waals surface area contributed by atoms with Gasteiger partial charge >= 0.3 is 6.09 Å². The molecule has 1 unspecified atom stereocenters. The molecule has 0 saturated carbocycles. The van der Waals surface area contributed by atoms with Gasteiger partial charge in [-0.2, -0.15) is 4.98 Å². The number of likely N-dealkylation sites (tertiary alicyclic amines) is 1. The quantitative estimate of drug-likeness (QED) is 0.894. The van der Waals surface area contributed by atoms with E-state index in [0.29, 0.717) is 30.5 Å². The van der Waals surface area contributed by atoms with Gasteiger partial charge in [-0.05, 0) is 30.9 Å². The average molecular weight is 360 g/mol. The number of hydrogen-bond donors (Lipinski definition) is 1. The Labute approximate surface area is 152 Å². The highest BCUT2D eigenvalue weighted by Crippen LogP contribution is 2.29. The van der Waals surface area contributed by atoms with Crippen LogP contribution in [0.15, 0.2) is 22.9 Å². The fourth-order valence-electron chi connectivity index (χ4n) is 3.05. The normalized spacial score (nSPS) is 16.7. The second-order valence-corrected chi connectivity index (χ2v) is 6.85. The molecule has 140 valence electrons. The van der Waals surface area contributed by atoms with Crippen LogP contribution in [0.2, 0.25) is 0 Å². The molecule has 1 N–H and O–H groups in total. The molecule has 0 radical (unpaired) electrons. The van der Waals surface area contributed by atoms with E-state index in [1.165, 1.54) is 7.11 Å². The predicted molar refractivity (Wildman–Crippen MR) is 93.3 cm³/mol. The van der Waals surface area contributed by atoms with Crippen molar-refractivity contribution in [3.63, 3.8) is 0 Å². The van der Waals surface area contributed by atoms with E-state index >= 15 is 0 Å². The molecule has 1 amide bonds. The van der Waals surface area contributed by atoms with Crippen molar-refractivity contribution >= 4 is 6.09 Å². The molecule has 1 atom stereocenters. The summed E-state index contributed by atoms with van der Waals surface area (Å²) in [5.41, 5.74) is 1.35. The number of amides is 1. The number of rotatable bonds is 4. The lowest BCUT2D eigenvalue weighted by Crippen LogP contribution is -2.37. The molecule has 3 rings (SSSR count). The van der Waals surface area contributed by atoms with Gasteiger partial charge in [0.15, 0.2) is 0 Å². The van der Waals surface area contributed by atoms with Crippen LogP contribution in [0.5, 0.6) is 0 Å². The zero-order valence-corrected chi connectivity index (χ0v) is 15.3. The lowest BCUT2D eigenvalue weighted by molar-refractivity contribution is 0.109. The number of hydrogen-bond acceptors (Lipinski definition) is 7. The molecule has 1 saturated heterocycles. The molecule has 1 aliphatic rings. The first-order valence-corrected chi connectivity index (χ1v) is 8.80. The van der Waals surface area contributed by atoms with Crippen molar-refractivity contribution in [1.29, 1.82) is 0 Å². The molecule has 0 spiro atoms. The largest absolute Gasteiger partial charge is 0.453 e. The Balaban J connectivity index is 1.71. The van der Waals surface area contributed by atoms with Crippen molar-refractivity contribution in [3.8, 4) is 11.4 Å². The Hall–Kier alpha value is -2.48. The van der Waals surface area contributed by atoms with Gasteiger partial charge in [0.25, 0.3) is 0 Å². The summed E-state index contributed by atoms with van der Waals surface area (Å²) in [6, 6.07) is 3.59. The predicted octanol–water partition coefficient (Wildman–Crippen LogP) is 2.77. The number of aromatic nitrogens is 3. The number of piperidine rings is 1. The lowest BCUT2D eigenvalue weighted by Gasteiger charge is -2.28. The minimum absolute atomic E-state index is 0.0681. The van der Waals surface area contributed by atoms with Crippen molar-refractivity contribution in [2.24, 2.45) is 5.92 Å². The van der Waals surface area contributed by atoms with Crippen LogP contribution in [-0.4, -0.2) is 51.4 Å². The highest BCUT2D eigenvalue weighted by Gasteiger charge is 2.28. The molecule has 1 fully saturated rings. The Morgan fingerprint density at radius 3 is 2.77 bits per heavy atom. The maximum atomic E-state index is 11.6. The molecule has 2 aromatic rings. The van der Waals surface area contributed by atoms with E-state index in [9.17, 15) is 9.90 Å². The molecule has 8 heteroatoms. The van der Waals surface area contributed by atoms with Gasteiger partial charge in [0.1, 0.15) is 0 Å². The Bertz CT molecular complexity index is 753. The van der Waals surface area contributed by atoms with E-state index in [-0.39, 0.29) is 17.9 Å². The smallest absolute Gasteiger partial charge is 0.409 e. The van der Waals surface area contributed by atoms with Gasteiger partial charge in [-0.15, -0.1) is 0 Å². The number of aliphatic hydroxyl groups excluding tert-OH is 1. The van der Waals surface area contributed by atoms with E-state index in [4.69, 9.17) is 9.26 Å². The number of ether oxygens (including phenoxy) is 1. The van der Waals surface area contributed by atoms with Crippen LogP contribution in [0.25, 0.3) is 11.4 Å². The van der Waals surface area contributed by atoms with E-state index < -0.39 is 6.10 Å². The first kappa shape index (κ1) is 18.3. The summed E-state index contributed by atoms with van der Waals surface area (Å²) in [5.74, 6) is 1.25. The summed E-state index contributed by atoms with van der Waals surface area (Å²) in [6.45, 7) is 5.09. The van der Waals surface area contributed by atoms with Crippen LogP contribution in [0.1, 0.15) is 50.3 Å². The van der Waals surface area contributed by atoms with Gasteiger partial charge in [0, 0.05) is 30.8 Å². The van der Waals surface area contributed by atoms with Crippen LogP contribution in [0.3, 0.4) is 0 Å². The zero-order chi connectivity index (χ0) is 18.7. The van der Waals surface area contributed by atoms with Crippen LogP contribution in [0.4, 0.5) is 4.79 Å². The first-order valence-electron chi connectivity index (χ1n) is 8.80. The number of methoxy groups -OCH3 is 1. The summed E-state index contributed by atoms with van der Waals surface area (Å²) in [7, 11) is 1.39. The fourth-order valence-corrected chi connectivity index (χ4v) is 3.05. The molecule has 8 nitrogen and oxygen atoms in total. The molecule has 26 heavy (non-hydrogen) atoms. The fraction of sp³-hybridized carbons (Fsp3) is 0.556. The summed E-state index contributed by atoms with van der Waals surface area (Å²) in [5, 5.41) is 14.3. The minimum Gasteiger partial charge on any atom is -0.453 e. The summed E-state index contributed by atoms with van der Waals surface area (Å²) in [6.07, 6.45) is 2.21. The van der Waals surface area contributed by atoms with Crippen molar-refractivity contribution in [1.82, 2.24) is 20.0 Å². The van der Waals surface area contributed by atoms with Crippen LogP contribution in [-0.2, 0) is 4.74 Å².